The van der Waals surface area contributed by atoms with Crippen LogP contribution in [0.3, 0.4) is 0 Å². The van der Waals surface area contributed by atoms with Crippen LogP contribution in [-0.4, -0.2) is 54.6 Å². The number of hydrogen-bond acceptors (Lipinski definition) is 5. The van der Waals surface area contributed by atoms with E-state index in [0.717, 1.165) is 50.8 Å². The van der Waals surface area contributed by atoms with E-state index >= 15 is 0 Å². The minimum atomic E-state index is 0.662. The summed E-state index contributed by atoms with van der Waals surface area (Å²) in [4.78, 5) is 13.7. The summed E-state index contributed by atoms with van der Waals surface area (Å²) in [5.74, 6) is 2.85. The van der Waals surface area contributed by atoms with Crippen molar-refractivity contribution in [2.75, 3.05) is 50.0 Å². The zero-order chi connectivity index (χ0) is 12.5. The summed E-state index contributed by atoms with van der Waals surface area (Å²) in [6.07, 6.45) is 2.78. The predicted molar refractivity (Wildman–Crippen MR) is 73.1 cm³/mol. The topological polar surface area (TPSA) is 44.3 Å². The molecule has 1 unspecified atom stereocenters. The Labute approximate surface area is 108 Å². The second-order valence-corrected chi connectivity index (χ2v) is 5.50. The Morgan fingerprint density at radius 3 is 2.78 bits per heavy atom. The lowest BCUT2D eigenvalue weighted by Crippen LogP contribution is -2.45. The van der Waals surface area contributed by atoms with Gasteiger partial charge in [-0.05, 0) is 19.4 Å². The van der Waals surface area contributed by atoms with Crippen LogP contribution in [0.1, 0.15) is 12.5 Å². The number of anilines is 2. The van der Waals surface area contributed by atoms with Gasteiger partial charge in [0.2, 0.25) is 0 Å². The van der Waals surface area contributed by atoms with Crippen molar-refractivity contribution in [3.05, 3.63) is 11.9 Å². The summed E-state index contributed by atoms with van der Waals surface area (Å²) in [6, 6.07) is 0. The maximum atomic E-state index is 4.53. The molecule has 0 amide bonds. The van der Waals surface area contributed by atoms with Crippen LogP contribution >= 0.6 is 0 Å². The largest absolute Gasteiger partial charge is 0.369 e. The Morgan fingerprint density at radius 2 is 2.00 bits per heavy atom. The average Bonchev–Trinajstić information content (AvgIpc) is 2.39. The van der Waals surface area contributed by atoms with Crippen molar-refractivity contribution in [2.24, 2.45) is 5.92 Å². The number of likely N-dealkylation sites (N-methyl/N-ethyl adjacent to an activating group) is 1. The van der Waals surface area contributed by atoms with Crippen LogP contribution in [0.4, 0.5) is 11.6 Å². The van der Waals surface area contributed by atoms with E-state index in [1.807, 2.05) is 0 Å². The first-order valence-electron chi connectivity index (χ1n) is 6.75. The highest BCUT2D eigenvalue weighted by molar-refractivity contribution is 5.60. The van der Waals surface area contributed by atoms with E-state index in [4.69, 9.17) is 0 Å². The van der Waals surface area contributed by atoms with Gasteiger partial charge in [0.15, 0.2) is 0 Å². The molecular weight excluding hydrogens is 226 g/mol. The summed E-state index contributed by atoms with van der Waals surface area (Å²) in [6.45, 7) is 7.65. The summed E-state index contributed by atoms with van der Waals surface area (Å²) < 4.78 is 0. The molecule has 1 aromatic heterocycles. The lowest BCUT2D eigenvalue weighted by atomic mass is 9.98. The monoisotopic (exact) mass is 247 g/mol. The summed E-state index contributed by atoms with van der Waals surface area (Å²) in [5.41, 5.74) is 1.31. The Balaban J connectivity index is 1.88. The zero-order valence-electron chi connectivity index (χ0n) is 11.2. The van der Waals surface area contributed by atoms with Crippen LogP contribution in [0, 0.1) is 5.92 Å². The molecule has 0 saturated carbocycles. The van der Waals surface area contributed by atoms with Gasteiger partial charge in [-0.15, -0.1) is 0 Å². The molecule has 1 fully saturated rings. The fourth-order valence-corrected chi connectivity index (χ4v) is 2.73. The third-order valence-electron chi connectivity index (χ3n) is 3.90. The van der Waals surface area contributed by atoms with Gasteiger partial charge in [0, 0.05) is 38.3 Å². The number of nitrogens with zero attached hydrogens (tertiary/aromatic N) is 4. The van der Waals surface area contributed by atoms with Crippen LogP contribution in [0.25, 0.3) is 0 Å². The van der Waals surface area contributed by atoms with Crippen molar-refractivity contribution in [3.63, 3.8) is 0 Å². The van der Waals surface area contributed by atoms with Crippen LogP contribution in [-0.2, 0) is 6.42 Å². The second-order valence-electron chi connectivity index (χ2n) is 5.50. The van der Waals surface area contributed by atoms with Crippen LogP contribution in [0.15, 0.2) is 6.33 Å². The number of nitrogens with one attached hydrogen (secondary N) is 1. The van der Waals surface area contributed by atoms with Crippen molar-refractivity contribution in [1.29, 1.82) is 0 Å². The molecule has 18 heavy (non-hydrogen) atoms. The van der Waals surface area contributed by atoms with E-state index < -0.39 is 0 Å². The van der Waals surface area contributed by atoms with Gasteiger partial charge in [0.1, 0.15) is 18.0 Å². The summed E-state index contributed by atoms with van der Waals surface area (Å²) in [7, 11) is 2.18. The van der Waals surface area contributed by atoms with Crippen molar-refractivity contribution in [1.82, 2.24) is 14.9 Å². The Morgan fingerprint density at radius 1 is 1.22 bits per heavy atom. The van der Waals surface area contributed by atoms with Gasteiger partial charge in [0.25, 0.3) is 0 Å². The van der Waals surface area contributed by atoms with E-state index in [2.05, 4.69) is 39.1 Å². The third-order valence-corrected chi connectivity index (χ3v) is 3.90. The van der Waals surface area contributed by atoms with Gasteiger partial charge < -0.3 is 15.1 Å². The van der Waals surface area contributed by atoms with Crippen molar-refractivity contribution in [2.45, 2.75) is 13.3 Å². The zero-order valence-corrected chi connectivity index (χ0v) is 11.2. The van der Waals surface area contributed by atoms with Gasteiger partial charge in [0.05, 0.1) is 0 Å². The van der Waals surface area contributed by atoms with Gasteiger partial charge in [-0.25, -0.2) is 9.97 Å². The number of fused-ring (bicyclic) bond motifs is 1. The highest BCUT2D eigenvalue weighted by Crippen LogP contribution is 2.30. The molecule has 0 bridgehead atoms. The van der Waals surface area contributed by atoms with Gasteiger partial charge >= 0.3 is 0 Å². The molecular formula is C13H21N5. The lowest BCUT2D eigenvalue weighted by Gasteiger charge is -2.35. The number of hydrogen-bond donors (Lipinski definition) is 1. The lowest BCUT2D eigenvalue weighted by molar-refractivity contribution is 0.311. The Bertz CT molecular complexity index is 425. The minimum Gasteiger partial charge on any atom is -0.369 e. The molecule has 1 N–H and O–H groups in total. The fraction of sp³-hybridized carbons (Fsp3) is 0.692. The van der Waals surface area contributed by atoms with Crippen molar-refractivity contribution < 1.29 is 0 Å². The molecule has 3 heterocycles. The molecule has 1 saturated heterocycles. The molecule has 0 aliphatic carbocycles. The van der Waals surface area contributed by atoms with E-state index in [-0.39, 0.29) is 0 Å². The van der Waals surface area contributed by atoms with Gasteiger partial charge in [-0.1, -0.05) is 6.92 Å². The van der Waals surface area contributed by atoms with E-state index in [0.29, 0.717) is 5.92 Å². The van der Waals surface area contributed by atoms with Gasteiger partial charge in [-0.2, -0.15) is 0 Å². The molecule has 98 valence electrons. The predicted octanol–water partition coefficient (Wildman–Crippen LogP) is 0.832. The Hall–Kier alpha value is -1.36. The maximum absolute atomic E-state index is 4.53. The Kier molecular flexibility index (Phi) is 3.07. The number of aromatic nitrogens is 2. The molecule has 3 rings (SSSR count). The fourth-order valence-electron chi connectivity index (χ4n) is 2.73. The highest BCUT2D eigenvalue weighted by atomic mass is 15.3. The van der Waals surface area contributed by atoms with Crippen LogP contribution in [0.5, 0.6) is 0 Å². The first kappa shape index (κ1) is 11.7. The summed E-state index contributed by atoms with van der Waals surface area (Å²) in [5, 5.41) is 3.41. The van der Waals surface area contributed by atoms with Crippen molar-refractivity contribution in [3.8, 4) is 0 Å². The standard InChI is InChI=1S/C13H21N5/c1-10-7-11-12(14-8-10)15-9-16-13(11)18-5-3-17(2)4-6-18/h9-10H,3-8H2,1-2H3,(H,14,15,16). The highest BCUT2D eigenvalue weighted by Gasteiger charge is 2.24. The molecule has 2 aliphatic heterocycles. The molecule has 0 aromatic carbocycles. The summed E-state index contributed by atoms with van der Waals surface area (Å²) >= 11 is 0. The molecule has 5 nitrogen and oxygen atoms in total. The molecule has 2 aliphatic rings. The van der Waals surface area contributed by atoms with Crippen LogP contribution < -0.4 is 10.2 Å². The molecule has 1 aromatic rings. The van der Waals surface area contributed by atoms with Crippen LogP contribution in [0.2, 0.25) is 0 Å². The molecule has 5 heteroatoms. The number of piperazine rings is 1. The third kappa shape index (κ3) is 2.14. The minimum absolute atomic E-state index is 0.662. The maximum Gasteiger partial charge on any atom is 0.137 e. The SMILES string of the molecule is CC1CNc2ncnc(N3CCN(C)CC3)c2C1. The first-order chi connectivity index (χ1) is 8.74. The molecule has 0 spiro atoms. The second kappa shape index (κ2) is 4.72. The quantitative estimate of drug-likeness (QED) is 0.796. The number of rotatable bonds is 1. The molecule has 0 radical (unpaired) electrons. The normalized spacial score (nSPS) is 24.6. The first-order valence-corrected chi connectivity index (χ1v) is 6.75. The van der Waals surface area contributed by atoms with E-state index in [9.17, 15) is 0 Å². The van der Waals surface area contributed by atoms with E-state index in [1.165, 1.54) is 5.56 Å². The molecule has 1 atom stereocenters. The van der Waals surface area contributed by atoms with E-state index in [1.54, 1.807) is 6.33 Å². The van der Waals surface area contributed by atoms with Crippen molar-refractivity contribution >= 4 is 11.6 Å². The smallest absolute Gasteiger partial charge is 0.137 e. The van der Waals surface area contributed by atoms with Gasteiger partial charge in [-0.3, -0.25) is 0 Å². The average molecular weight is 247 g/mol.